The molecule has 1 N–H and O–H groups in total. The Morgan fingerprint density at radius 2 is 2.14 bits per heavy atom. The minimum absolute atomic E-state index is 0.0515. The predicted molar refractivity (Wildman–Crippen MR) is 109 cm³/mol. The fourth-order valence-corrected chi connectivity index (χ4v) is 3.17. The normalized spacial score (nSPS) is 15.0. The Bertz CT molecular complexity index is 786. The van der Waals surface area contributed by atoms with Crippen LogP contribution in [0, 0.1) is 5.82 Å². The smallest absolute Gasteiger partial charge is 0.224 e. The summed E-state index contributed by atoms with van der Waals surface area (Å²) in [4.78, 5) is 18.2. The van der Waals surface area contributed by atoms with Crippen LogP contribution in [0.5, 0.6) is 0 Å². The van der Waals surface area contributed by atoms with Gasteiger partial charge < -0.3 is 14.7 Å². The Morgan fingerprint density at radius 3 is 2.75 bits per heavy atom. The van der Waals surface area contributed by atoms with E-state index in [1.54, 1.807) is 18.2 Å². The monoisotopic (exact) mass is 388 g/mol. The minimum Gasteiger partial charge on any atom is -0.443 e. The molecule has 1 aromatic carbocycles. The highest BCUT2D eigenvalue weighted by Crippen LogP contribution is 2.25. The van der Waals surface area contributed by atoms with Crippen molar-refractivity contribution < 1.29 is 19.0 Å². The quantitative estimate of drug-likeness (QED) is 0.662. The van der Waals surface area contributed by atoms with Crippen LogP contribution in [0.2, 0.25) is 0 Å². The lowest BCUT2D eigenvalue weighted by atomic mass is 9.98. The maximum atomic E-state index is 14.0. The molecule has 1 heterocycles. The molecule has 1 unspecified atom stereocenters. The summed E-state index contributed by atoms with van der Waals surface area (Å²) >= 11 is 0. The van der Waals surface area contributed by atoms with Crippen molar-refractivity contribution in [3.05, 3.63) is 59.3 Å². The Labute approximate surface area is 166 Å². The molecule has 0 radical (unpaired) electrons. The molecule has 0 amide bonds. The maximum absolute atomic E-state index is 14.0. The predicted octanol–water partition coefficient (Wildman–Crippen LogP) is 3.83. The summed E-state index contributed by atoms with van der Waals surface area (Å²) in [5, 5.41) is 9.11. The molecule has 5 nitrogen and oxygen atoms in total. The van der Waals surface area contributed by atoms with Gasteiger partial charge in [0.25, 0.3) is 0 Å². The number of ether oxygens (including phenoxy) is 1. The summed E-state index contributed by atoms with van der Waals surface area (Å²) < 4.78 is 19.7. The number of nitrogens with zero attached hydrogens (tertiary/aromatic N) is 2. The number of hydrogen-bond acceptors (Lipinski definition) is 5. The van der Waals surface area contributed by atoms with Gasteiger partial charge in [-0.15, -0.1) is 0 Å². The Morgan fingerprint density at radius 1 is 1.43 bits per heavy atom. The summed E-state index contributed by atoms with van der Waals surface area (Å²) in [5.41, 5.74) is 2.32. The number of hydrogen-bond donors (Lipinski definition) is 1. The van der Waals surface area contributed by atoms with Gasteiger partial charge in [-0.1, -0.05) is 25.6 Å². The fraction of sp³-hybridized carbons (Fsp3) is 0.455. The minimum atomic E-state index is -0.454. The number of halogens is 1. The lowest BCUT2D eigenvalue weighted by Gasteiger charge is -2.31. The van der Waals surface area contributed by atoms with Crippen molar-refractivity contribution >= 4 is 11.7 Å². The van der Waals surface area contributed by atoms with Crippen LogP contribution in [0.3, 0.4) is 0 Å². The van der Waals surface area contributed by atoms with Crippen molar-refractivity contribution in [3.63, 3.8) is 0 Å². The first-order valence-corrected chi connectivity index (χ1v) is 9.56. The number of carbonyl (C=O) groups is 1. The molecule has 0 aromatic heterocycles. The molecule has 0 bridgehead atoms. The molecule has 0 fully saturated rings. The van der Waals surface area contributed by atoms with Crippen molar-refractivity contribution in [2.24, 2.45) is 4.99 Å². The summed E-state index contributed by atoms with van der Waals surface area (Å²) in [5.74, 6) is 0.464. The molecule has 0 aliphatic carbocycles. The molecule has 0 saturated carbocycles. The summed E-state index contributed by atoms with van der Waals surface area (Å²) in [7, 11) is 1.92. The van der Waals surface area contributed by atoms with Gasteiger partial charge in [-0.2, -0.15) is 0 Å². The number of aliphatic hydroxyl groups excluding tert-OH is 1. The SMILES string of the molecule is C=C(CC)N(C)C(CCC1=C(C)OC(c2ccccc2F)=NC1)CC(=O)CO. The molecule has 2 rings (SSSR count). The van der Waals surface area contributed by atoms with Gasteiger partial charge in [0.1, 0.15) is 18.2 Å². The highest BCUT2D eigenvalue weighted by Gasteiger charge is 2.22. The van der Waals surface area contributed by atoms with Gasteiger partial charge >= 0.3 is 0 Å². The number of carbonyl (C=O) groups excluding carboxylic acids is 1. The summed E-state index contributed by atoms with van der Waals surface area (Å²) in [6, 6.07) is 6.36. The molecule has 6 heteroatoms. The van der Waals surface area contributed by atoms with Crippen LogP contribution in [0.25, 0.3) is 0 Å². The first kappa shape index (κ1) is 21.8. The third kappa shape index (κ3) is 5.52. The second-order valence-corrected chi connectivity index (χ2v) is 6.99. The molecule has 1 aliphatic rings. The Hall–Kier alpha value is -2.47. The van der Waals surface area contributed by atoms with E-state index in [-0.39, 0.29) is 24.1 Å². The fourth-order valence-electron chi connectivity index (χ4n) is 3.17. The zero-order valence-corrected chi connectivity index (χ0v) is 16.9. The zero-order chi connectivity index (χ0) is 20.7. The van der Waals surface area contributed by atoms with Crippen LogP contribution < -0.4 is 0 Å². The third-order valence-electron chi connectivity index (χ3n) is 5.14. The number of ketones is 1. The summed E-state index contributed by atoms with van der Waals surface area (Å²) in [6.07, 6.45) is 2.47. The van der Waals surface area contributed by atoms with E-state index < -0.39 is 6.61 Å². The van der Waals surface area contributed by atoms with Crippen LogP contribution in [0.4, 0.5) is 4.39 Å². The summed E-state index contributed by atoms with van der Waals surface area (Å²) in [6.45, 7) is 7.90. The van der Waals surface area contributed by atoms with Crippen LogP contribution in [0.1, 0.15) is 45.1 Å². The van der Waals surface area contributed by atoms with E-state index in [9.17, 15) is 9.18 Å². The highest BCUT2D eigenvalue weighted by molar-refractivity contribution is 5.95. The van der Waals surface area contributed by atoms with E-state index >= 15 is 0 Å². The highest BCUT2D eigenvalue weighted by atomic mass is 19.1. The number of aliphatic hydroxyl groups is 1. The first-order valence-electron chi connectivity index (χ1n) is 9.56. The van der Waals surface area contributed by atoms with E-state index in [0.717, 1.165) is 23.5 Å². The van der Waals surface area contributed by atoms with Crippen LogP contribution in [0.15, 0.2) is 52.9 Å². The third-order valence-corrected chi connectivity index (χ3v) is 5.14. The largest absolute Gasteiger partial charge is 0.443 e. The molecule has 1 atom stereocenters. The van der Waals surface area contributed by atoms with E-state index in [4.69, 9.17) is 9.84 Å². The van der Waals surface area contributed by atoms with Gasteiger partial charge in [0.2, 0.25) is 5.90 Å². The lowest BCUT2D eigenvalue weighted by molar-refractivity contribution is -0.122. The van der Waals surface area contributed by atoms with Crippen molar-refractivity contribution in [3.8, 4) is 0 Å². The number of Topliss-reactive ketones (excluding diaryl/α,β-unsaturated/α-hetero) is 1. The van der Waals surface area contributed by atoms with Gasteiger partial charge in [0.15, 0.2) is 5.78 Å². The Kier molecular flexibility index (Phi) is 7.93. The molecule has 28 heavy (non-hydrogen) atoms. The molecule has 1 aliphatic heterocycles. The van der Waals surface area contributed by atoms with Crippen molar-refractivity contribution in [2.45, 2.75) is 45.6 Å². The number of aliphatic imine (C=N–C) groups is 1. The molecular formula is C22H29FN2O3. The van der Waals surface area contributed by atoms with Gasteiger partial charge in [-0.25, -0.2) is 9.38 Å². The van der Waals surface area contributed by atoms with Gasteiger partial charge in [-0.3, -0.25) is 4.79 Å². The van der Waals surface area contributed by atoms with E-state index in [0.29, 0.717) is 30.8 Å². The number of allylic oxidation sites excluding steroid dienone is 2. The van der Waals surface area contributed by atoms with Crippen LogP contribution in [-0.2, 0) is 9.53 Å². The van der Waals surface area contributed by atoms with E-state index in [1.165, 1.54) is 6.07 Å². The lowest BCUT2D eigenvalue weighted by Crippen LogP contribution is -2.33. The molecule has 152 valence electrons. The molecule has 0 spiro atoms. The van der Waals surface area contributed by atoms with E-state index in [1.807, 2.05) is 25.8 Å². The van der Waals surface area contributed by atoms with E-state index in [2.05, 4.69) is 11.6 Å². The average Bonchev–Trinajstić information content (AvgIpc) is 2.70. The topological polar surface area (TPSA) is 62.1 Å². The maximum Gasteiger partial charge on any atom is 0.224 e. The number of benzene rings is 1. The molecule has 0 saturated heterocycles. The molecule has 1 aromatic rings. The second-order valence-electron chi connectivity index (χ2n) is 6.99. The van der Waals surface area contributed by atoms with Crippen molar-refractivity contribution in [1.29, 1.82) is 0 Å². The van der Waals surface area contributed by atoms with Crippen molar-refractivity contribution in [1.82, 2.24) is 4.90 Å². The average molecular weight is 388 g/mol. The first-order chi connectivity index (χ1) is 13.4. The van der Waals surface area contributed by atoms with Crippen LogP contribution >= 0.6 is 0 Å². The van der Waals surface area contributed by atoms with Gasteiger partial charge in [0.05, 0.1) is 12.1 Å². The standard InChI is InChI=1S/C22H29FN2O3/c1-5-15(2)25(4)18(12-19(27)14-26)11-10-17-13-24-22(28-16(17)3)20-8-6-7-9-21(20)23/h6-9,18,26H,2,5,10-14H2,1,3-4H3. The second kappa shape index (κ2) is 10.2. The van der Waals surface area contributed by atoms with Gasteiger partial charge in [0, 0.05) is 25.2 Å². The number of rotatable bonds is 10. The zero-order valence-electron chi connectivity index (χ0n) is 16.9. The Balaban J connectivity index is 2.05. The van der Waals surface area contributed by atoms with Crippen LogP contribution in [-0.4, -0.2) is 47.9 Å². The van der Waals surface area contributed by atoms with Gasteiger partial charge in [-0.05, 0) is 43.9 Å². The molecular weight excluding hydrogens is 359 g/mol. The van der Waals surface area contributed by atoms with Crippen molar-refractivity contribution in [2.75, 3.05) is 20.2 Å².